The van der Waals surface area contributed by atoms with E-state index >= 15 is 0 Å². The van der Waals surface area contributed by atoms with Crippen LogP contribution in [0.5, 0.6) is 0 Å². The summed E-state index contributed by atoms with van der Waals surface area (Å²) in [5.74, 6) is 0.748. The summed E-state index contributed by atoms with van der Waals surface area (Å²) in [4.78, 5) is 14.8. The first-order chi connectivity index (χ1) is 11.1. The molecule has 0 unspecified atom stereocenters. The summed E-state index contributed by atoms with van der Waals surface area (Å²) < 4.78 is 0. The lowest BCUT2D eigenvalue weighted by atomic mass is 9.98. The highest BCUT2D eigenvalue weighted by Gasteiger charge is 2.23. The number of benzene rings is 2. The van der Waals surface area contributed by atoms with E-state index in [1.54, 1.807) is 6.07 Å². The molecule has 1 fully saturated rings. The van der Waals surface area contributed by atoms with Crippen molar-refractivity contribution >= 4 is 28.9 Å². The van der Waals surface area contributed by atoms with Crippen molar-refractivity contribution in [3.05, 3.63) is 59.1 Å². The molecule has 23 heavy (non-hydrogen) atoms. The van der Waals surface area contributed by atoms with Crippen LogP contribution < -0.4 is 5.32 Å². The molecule has 2 aromatic rings. The number of hydrogen-bond donors (Lipinski definition) is 1. The normalized spacial score (nSPS) is 15.5. The van der Waals surface area contributed by atoms with E-state index in [0.717, 1.165) is 37.3 Å². The van der Waals surface area contributed by atoms with Gasteiger partial charge in [0, 0.05) is 23.8 Å². The highest BCUT2D eigenvalue weighted by Crippen LogP contribution is 2.27. The van der Waals surface area contributed by atoms with Gasteiger partial charge >= 0.3 is 0 Å². The molecule has 3 rings (SSSR count). The first-order valence-corrected chi connectivity index (χ1v) is 8.42. The van der Waals surface area contributed by atoms with Crippen molar-refractivity contribution in [3.8, 4) is 0 Å². The molecular formula is C19H21ClN2O. The largest absolute Gasteiger partial charge is 0.355 e. The molecule has 4 heteroatoms. The zero-order chi connectivity index (χ0) is 16.2. The third kappa shape index (κ3) is 3.85. The molecule has 0 bridgehead atoms. The van der Waals surface area contributed by atoms with E-state index in [1.165, 1.54) is 0 Å². The Bertz CT molecular complexity index is 679. The second-order valence-electron chi connectivity index (χ2n) is 6.16. The first kappa shape index (κ1) is 15.9. The molecule has 1 saturated heterocycles. The minimum atomic E-state index is 0.0535. The average Bonchev–Trinajstić information content (AvgIpc) is 2.57. The summed E-state index contributed by atoms with van der Waals surface area (Å²) in [5.41, 5.74) is 2.39. The van der Waals surface area contributed by atoms with Gasteiger partial charge in [0.2, 0.25) is 0 Å². The fraction of sp³-hybridized carbons (Fsp3) is 0.316. The van der Waals surface area contributed by atoms with Crippen molar-refractivity contribution in [1.29, 1.82) is 0 Å². The minimum Gasteiger partial charge on any atom is -0.355 e. The van der Waals surface area contributed by atoms with Gasteiger partial charge in [-0.25, -0.2) is 0 Å². The van der Waals surface area contributed by atoms with Crippen LogP contribution in [0.15, 0.2) is 48.5 Å². The zero-order valence-electron chi connectivity index (χ0n) is 13.3. The number of rotatable bonds is 3. The summed E-state index contributed by atoms with van der Waals surface area (Å²) in [6.45, 7) is 3.87. The molecule has 2 aromatic carbocycles. The topological polar surface area (TPSA) is 32.3 Å². The van der Waals surface area contributed by atoms with Gasteiger partial charge in [-0.1, -0.05) is 36.7 Å². The van der Waals surface area contributed by atoms with Crippen molar-refractivity contribution in [2.45, 2.75) is 19.8 Å². The highest BCUT2D eigenvalue weighted by atomic mass is 35.5. The van der Waals surface area contributed by atoms with Crippen molar-refractivity contribution in [3.63, 3.8) is 0 Å². The first-order valence-electron chi connectivity index (χ1n) is 8.04. The van der Waals surface area contributed by atoms with Crippen LogP contribution in [0, 0.1) is 5.92 Å². The summed E-state index contributed by atoms with van der Waals surface area (Å²) in [6, 6.07) is 15.3. The molecule has 0 saturated carbocycles. The Hall–Kier alpha value is -2.00. The number of nitrogens with zero attached hydrogens (tertiary/aromatic N) is 1. The molecule has 1 aliphatic heterocycles. The molecule has 0 radical (unpaired) electrons. The van der Waals surface area contributed by atoms with Gasteiger partial charge in [0.15, 0.2) is 0 Å². The SMILES string of the molecule is CC1CCN(C(=O)c2cc(Cl)ccc2Nc2ccccc2)CC1. The second-order valence-corrected chi connectivity index (χ2v) is 6.59. The van der Waals surface area contributed by atoms with Crippen LogP contribution in [0.3, 0.4) is 0 Å². The molecular weight excluding hydrogens is 308 g/mol. The van der Waals surface area contributed by atoms with E-state index < -0.39 is 0 Å². The third-order valence-corrected chi connectivity index (χ3v) is 4.57. The number of carbonyl (C=O) groups is 1. The predicted molar refractivity (Wildman–Crippen MR) is 95.5 cm³/mol. The summed E-state index contributed by atoms with van der Waals surface area (Å²) in [5, 5.41) is 3.90. The van der Waals surface area contributed by atoms with E-state index in [9.17, 15) is 4.79 Å². The maximum absolute atomic E-state index is 12.9. The van der Waals surface area contributed by atoms with Crippen molar-refractivity contribution in [2.24, 2.45) is 5.92 Å². The van der Waals surface area contributed by atoms with Crippen LogP contribution >= 0.6 is 11.6 Å². The summed E-state index contributed by atoms with van der Waals surface area (Å²) in [7, 11) is 0. The Morgan fingerprint density at radius 1 is 1.13 bits per heavy atom. The molecule has 1 amide bonds. The molecule has 1 aliphatic rings. The molecule has 120 valence electrons. The highest BCUT2D eigenvalue weighted by molar-refractivity contribution is 6.31. The van der Waals surface area contributed by atoms with E-state index in [-0.39, 0.29) is 5.91 Å². The predicted octanol–water partition coefficient (Wildman–Crippen LogP) is 4.96. The maximum Gasteiger partial charge on any atom is 0.256 e. The number of carbonyl (C=O) groups excluding carboxylic acids is 1. The lowest BCUT2D eigenvalue weighted by Gasteiger charge is -2.31. The molecule has 0 aliphatic carbocycles. The van der Waals surface area contributed by atoms with E-state index in [4.69, 9.17) is 11.6 Å². The van der Waals surface area contributed by atoms with E-state index in [1.807, 2.05) is 47.4 Å². The number of hydrogen-bond acceptors (Lipinski definition) is 2. The van der Waals surface area contributed by atoms with Crippen LogP contribution in [-0.4, -0.2) is 23.9 Å². The quantitative estimate of drug-likeness (QED) is 0.864. The number of amides is 1. The van der Waals surface area contributed by atoms with Gasteiger partial charge in [0.1, 0.15) is 0 Å². The van der Waals surface area contributed by atoms with Crippen LogP contribution in [0.1, 0.15) is 30.1 Å². The molecule has 0 spiro atoms. The monoisotopic (exact) mass is 328 g/mol. The fourth-order valence-corrected chi connectivity index (χ4v) is 3.03. The number of halogens is 1. The Kier molecular flexibility index (Phi) is 4.87. The third-order valence-electron chi connectivity index (χ3n) is 4.34. The second kappa shape index (κ2) is 7.05. The minimum absolute atomic E-state index is 0.0535. The Labute approximate surface area is 142 Å². The number of anilines is 2. The van der Waals surface area contributed by atoms with E-state index in [0.29, 0.717) is 16.5 Å². The number of nitrogens with one attached hydrogen (secondary N) is 1. The van der Waals surface area contributed by atoms with Gasteiger partial charge in [-0.05, 0) is 49.1 Å². The smallest absolute Gasteiger partial charge is 0.256 e. The van der Waals surface area contributed by atoms with Crippen molar-refractivity contribution in [1.82, 2.24) is 4.90 Å². The summed E-state index contributed by atoms with van der Waals surface area (Å²) in [6.07, 6.45) is 2.13. The van der Waals surface area contributed by atoms with Gasteiger partial charge in [-0.2, -0.15) is 0 Å². The molecule has 3 nitrogen and oxygen atoms in total. The van der Waals surface area contributed by atoms with Crippen LogP contribution in [0.4, 0.5) is 11.4 Å². The molecule has 0 aromatic heterocycles. The lowest BCUT2D eigenvalue weighted by Crippen LogP contribution is -2.38. The maximum atomic E-state index is 12.9. The Morgan fingerprint density at radius 3 is 2.52 bits per heavy atom. The standard InChI is InChI=1S/C19H21ClN2O/c1-14-9-11-22(12-10-14)19(23)17-13-15(20)7-8-18(17)21-16-5-3-2-4-6-16/h2-8,13-14,21H,9-12H2,1H3. The summed E-state index contributed by atoms with van der Waals surface area (Å²) >= 11 is 6.13. The molecule has 1 heterocycles. The zero-order valence-corrected chi connectivity index (χ0v) is 14.0. The molecule has 1 N–H and O–H groups in total. The number of para-hydroxylation sites is 1. The van der Waals surface area contributed by atoms with Crippen LogP contribution in [0.25, 0.3) is 0 Å². The van der Waals surface area contributed by atoms with Gasteiger partial charge < -0.3 is 10.2 Å². The fourth-order valence-electron chi connectivity index (χ4n) is 2.86. The van der Waals surface area contributed by atoms with Crippen molar-refractivity contribution < 1.29 is 4.79 Å². The number of piperidine rings is 1. The van der Waals surface area contributed by atoms with Crippen LogP contribution in [0.2, 0.25) is 5.02 Å². The van der Waals surface area contributed by atoms with Crippen LogP contribution in [-0.2, 0) is 0 Å². The van der Waals surface area contributed by atoms with Crippen molar-refractivity contribution in [2.75, 3.05) is 18.4 Å². The molecule has 0 atom stereocenters. The van der Waals surface area contributed by atoms with Gasteiger partial charge in [-0.15, -0.1) is 0 Å². The van der Waals surface area contributed by atoms with Gasteiger partial charge in [-0.3, -0.25) is 4.79 Å². The van der Waals surface area contributed by atoms with Gasteiger partial charge in [0.25, 0.3) is 5.91 Å². The average molecular weight is 329 g/mol. The lowest BCUT2D eigenvalue weighted by molar-refractivity contribution is 0.0698. The van der Waals surface area contributed by atoms with Gasteiger partial charge in [0.05, 0.1) is 11.3 Å². The number of likely N-dealkylation sites (tertiary alicyclic amines) is 1. The van der Waals surface area contributed by atoms with E-state index in [2.05, 4.69) is 12.2 Å². The Morgan fingerprint density at radius 2 is 1.83 bits per heavy atom. The Balaban J connectivity index is 1.85.